The van der Waals surface area contributed by atoms with Crippen molar-refractivity contribution in [2.45, 2.75) is 32.7 Å². The Morgan fingerprint density at radius 3 is 2.78 bits per heavy atom. The standard InChI is InChI=1S/C17H20N2O3S/c1-10-5-6-19(13(7-10)14-4-3-11(2)22-14)17(21)15-8-12(9-23-15)16(18)20/h3-4,8-10,13H,5-7H2,1-2H3,(H2,18,20). The molecule has 5 nitrogen and oxygen atoms in total. The predicted octanol–water partition coefficient (Wildman–Crippen LogP) is 3.36. The first-order valence-corrected chi connectivity index (χ1v) is 8.59. The quantitative estimate of drug-likeness (QED) is 0.936. The van der Waals surface area contributed by atoms with Crippen molar-refractivity contribution in [3.8, 4) is 0 Å². The molecular weight excluding hydrogens is 312 g/mol. The molecule has 2 atom stereocenters. The molecular formula is C17H20N2O3S. The van der Waals surface area contributed by atoms with Crippen molar-refractivity contribution >= 4 is 23.2 Å². The van der Waals surface area contributed by atoms with Crippen LogP contribution in [-0.2, 0) is 0 Å². The number of nitrogens with two attached hydrogens (primary N) is 1. The van der Waals surface area contributed by atoms with E-state index < -0.39 is 5.91 Å². The van der Waals surface area contributed by atoms with Crippen LogP contribution in [0.4, 0.5) is 0 Å². The van der Waals surface area contributed by atoms with Crippen molar-refractivity contribution in [2.24, 2.45) is 11.7 Å². The monoisotopic (exact) mass is 332 g/mol. The van der Waals surface area contributed by atoms with Crippen LogP contribution >= 0.6 is 11.3 Å². The molecule has 122 valence electrons. The molecule has 2 aromatic rings. The van der Waals surface area contributed by atoms with Crippen LogP contribution in [-0.4, -0.2) is 23.3 Å². The second-order valence-electron chi connectivity index (χ2n) is 6.16. The highest BCUT2D eigenvalue weighted by Crippen LogP contribution is 2.36. The fraction of sp³-hybridized carbons (Fsp3) is 0.412. The SMILES string of the molecule is Cc1ccc(C2CC(C)CCN2C(=O)c2cc(C(N)=O)cs2)o1. The summed E-state index contributed by atoms with van der Waals surface area (Å²) in [6.45, 7) is 4.79. The third-order valence-corrected chi connectivity index (χ3v) is 5.23. The second-order valence-corrected chi connectivity index (χ2v) is 7.07. The zero-order valence-corrected chi connectivity index (χ0v) is 14.1. The lowest BCUT2D eigenvalue weighted by atomic mass is 9.91. The van der Waals surface area contributed by atoms with Gasteiger partial charge < -0.3 is 15.1 Å². The van der Waals surface area contributed by atoms with Gasteiger partial charge in [-0.15, -0.1) is 11.3 Å². The Balaban J connectivity index is 1.88. The van der Waals surface area contributed by atoms with E-state index in [4.69, 9.17) is 10.2 Å². The van der Waals surface area contributed by atoms with E-state index in [1.54, 1.807) is 11.4 Å². The van der Waals surface area contributed by atoms with Gasteiger partial charge in [-0.1, -0.05) is 6.92 Å². The molecule has 3 rings (SSSR count). The largest absolute Gasteiger partial charge is 0.464 e. The highest BCUT2D eigenvalue weighted by molar-refractivity contribution is 7.12. The summed E-state index contributed by atoms with van der Waals surface area (Å²) in [7, 11) is 0. The van der Waals surface area contributed by atoms with Gasteiger partial charge in [-0.3, -0.25) is 9.59 Å². The Morgan fingerprint density at radius 1 is 1.39 bits per heavy atom. The Hall–Kier alpha value is -2.08. The van der Waals surface area contributed by atoms with Crippen molar-refractivity contribution in [2.75, 3.05) is 6.54 Å². The van der Waals surface area contributed by atoms with E-state index in [0.29, 0.717) is 22.9 Å². The van der Waals surface area contributed by atoms with Gasteiger partial charge in [0.2, 0.25) is 5.91 Å². The van der Waals surface area contributed by atoms with Crippen LogP contribution in [0.25, 0.3) is 0 Å². The smallest absolute Gasteiger partial charge is 0.264 e. The molecule has 2 N–H and O–H groups in total. The number of likely N-dealkylation sites (tertiary alicyclic amines) is 1. The highest BCUT2D eigenvalue weighted by Gasteiger charge is 2.34. The van der Waals surface area contributed by atoms with Crippen LogP contribution in [0.3, 0.4) is 0 Å². The van der Waals surface area contributed by atoms with E-state index in [9.17, 15) is 9.59 Å². The van der Waals surface area contributed by atoms with Crippen LogP contribution in [0.1, 0.15) is 57.4 Å². The third kappa shape index (κ3) is 3.17. The highest BCUT2D eigenvalue weighted by atomic mass is 32.1. The molecule has 0 aliphatic carbocycles. The van der Waals surface area contributed by atoms with Crippen LogP contribution in [0, 0.1) is 12.8 Å². The maximum atomic E-state index is 12.9. The minimum Gasteiger partial charge on any atom is -0.464 e. The molecule has 0 spiro atoms. The number of thiophene rings is 1. The fourth-order valence-electron chi connectivity index (χ4n) is 3.01. The fourth-order valence-corrected chi connectivity index (χ4v) is 3.86. The summed E-state index contributed by atoms with van der Waals surface area (Å²) < 4.78 is 5.77. The number of aryl methyl sites for hydroxylation is 1. The number of hydrogen-bond donors (Lipinski definition) is 1. The topological polar surface area (TPSA) is 76.5 Å². The predicted molar refractivity (Wildman–Crippen MR) is 88.5 cm³/mol. The molecule has 2 amide bonds. The number of amides is 2. The van der Waals surface area contributed by atoms with Gasteiger partial charge in [0.15, 0.2) is 0 Å². The lowest BCUT2D eigenvalue weighted by Gasteiger charge is -2.37. The summed E-state index contributed by atoms with van der Waals surface area (Å²) >= 11 is 1.26. The Labute approximate surface area is 139 Å². The number of carbonyl (C=O) groups excluding carboxylic acids is 2. The van der Waals surface area contributed by atoms with E-state index in [1.807, 2.05) is 24.0 Å². The van der Waals surface area contributed by atoms with Crippen molar-refractivity contribution in [3.05, 3.63) is 45.5 Å². The number of furan rings is 1. The molecule has 2 aromatic heterocycles. The molecule has 1 saturated heterocycles. The third-order valence-electron chi connectivity index (χ3n) is 4.31. The van der Waals surface area contributed by atoms with Gasteiger partial charge in [0.25, 0.3) is 5.91 Å². The summed E-state index contributed by atoms with van der Waals surface area (Å²) in [5, 5.41) is 1.63. The molecule has 0 bridgehead atoms. The van der Waals surface area contributed by atoms with Gasteiger partial charge in [0.1, 0.15) is 11.5 Å². The molecule has 1 aliphatic rings. The van der Waals surface area contributed by atoms with Crippen LogP contribution < -0.4 is 5.73 Å². The minimum atomic E-state index is -0.509. The van der Waals surface area contributed by atoms with E-state index in [2.05, 4.69) is 6.92 Å². The van der Waals surface area contributed by atoms with Crippen LogP contribution in [0.15, 0.2) is 28.0 Å². The first-order chi connectivity index (χ1) is 11.0. The molecule has 0 radical (unpaired) electrons. The van der Waals surface area contributed by atoms with E-state index >= 15 is 0 Å². The van der Waals surface area contributed by atoms with Gasteiger partial charge in [-0.05, 0) is 43.9 Å². The maximum Gasteiger partial charge on any atom is 0.264 e. The number of nitrogens with zero attached hydrogens (tertiary/aromatic N) is 1. The number of rotatable bonds is 3. The number of carbonyl (C=O) groups is 2. The summed E-state index contributed by atoms with van der Waals surface area (Å²) in [6.07, 6.45) is 1.85. The first kappa shape index (κ1) is 15.8. The molecule has 0 saturated carbocycles. The number of primary amides is 1. The lowest BCUT2D eigenvalue weighted by molar-refractivity contribution is 0.0524. The van der Waals surface area contributed by atoms with Gasteiger partial charge >= 0.3 is 0 Å². The average Bonchev–Trinajstić information content (AvgIpc) is 3.15. The molecule has 1 fully saturated rings. The van der Waals surface area contributed by atoms with Crippen molar-refractivity contribution in [1.29, 1.82) is 0 Å². The van der Waals surface area contributed by atoms with Gasteiger partial charge in [0.05, 0.1) is 16.5 Å². The van der Waals surface area contributed by atoms with E-state index in [1.165, 1.54) is 11.3 Å². The van der Waals surface area contributed by atoms with E-state index in [-0.39, 0.29) is 11.9 Å². The second kappa shape index (κ2) is 6.20. The Bertz CT molecular complexity index is 734. The number of hydrogen-bond acceptors (Lipinski definition) is 4. The van der Waals surface area contributed by atoms with Crippen molar-refractivity contribution < 1.29 is 14.0 Å². The normalized spacial score (nSPS) is 21.4. The van der Waals surface area contributed by atoms with Gasteiger partial charge in [-0.25, -0.2) is 0 Å². The average molecular weight is 332 g/mol. The summed E-state index contributed by atoms with van der Waals surface area (Å²) in [5.41, 5.74) is 5.66. The molecule has 3 heterocycles. The molecule has 23 heavy (non-hydrogen) atoms. The molecule has 6 heteroatoms. The molecule has 1 aliphatic heterocycles. The Kier molecular flexibility index (Phi) is 4.26. The number of piperidine rings is 1. The van der Waals surface area contributed by atoms with Gasteiger partial charge in [-0.2, -0.15) is 0 Å². The molecule has 2 unspecified atom stereocenters. The van der Waals surface area contributed by atoms with E-state index in [0.717, 1.165) is 24.4 Å². The first-order valence-electron chi connectivity index (χ1n) is 7.71. The minimum absolute atomic E-state index is 0.0564. The lowest BCUT2D eigenvalue weighted by Crippen LogP contribution is -2.40. The summed E-state index contributed by atoms with van der Waals surface area (Å²) in [6, 6.07) is 5.39. The van der Waals surface area contributed by atoms with Crippen molar-refractivity contribution in [1.82, 2.24) is 4.90 Å². The molecule has 0 aromatic carbocycles. The van der Waals surface area contributed by atoms with Crippen LogP contribution in [0.5, 0.6) is 0 Å². The van der Waals surface area contributed by atoms with Gasteiger partial charge in [0, 0.05) is 11.9 Å². The summed E-state index contributed by atoms with van der Waals surface area (Å²) in [4.78, 5) is 26.5. The Morgan fingerprint density at radius 2 is 2.17 bits per heavy atom. The van der Waals surface area contributed by atoms with Crippen molar-refractivity contribution in [3.63, 3.8) is 0 Å². The summed E-state index contributed by atoms with van der Waals surface area (Å²) in [5.74, 6) is 1.64. The van der Waals surface area contributed by atoms with Crippen LogP contribution in [0.2, 0.25) is 0 Å². The zero-order valence-electron chi connectivity index (χ0n) is 13.2. The zero-order chi connectivity index (χ0) is 16.6. The maximum absolute atomic E-state index is 12.9.